The molecule has 0 aromatic carbocycles. The molecule has 2 saturated heterocycles. The maximum Gasteiger partial charge on any atom is 0.313 e. The number of nitrogens with zero attached hydrogens (tertiary/aromatic N) is 2. The third-order valence-electron chi connectivity index (χ3n) is 7.80. The van der Waals surface area contributed by atoms with Crippen LogP contribution >= 0.6 is 0 Å². The summed E-state index contributed by atoms with van der Waals surface area (Å²) in [7, 11) is 0. The molecule has 0 bridgehead atoms. The highest BCUT2D eigenvalue weighted by Gasteiger charge is 2.75. The summed E-state index contributed by atoms with van der Waals surface area (Å²) in [5.41, 5.74) is -2.37. The molecule has 2 unspecified atom stereocenters. The minimum absolute atomic E-state index is 0.0111. The highest BCUT2D eigenvalue weighted by molar-refractivity contribution is 5.99. The molecule has 4 rings (SSSR count). The van der Waals surface area contributed by atoms with Gasteiger partial charge in [0, 0.05) is 12.6 Å². The molecule has 8 heteroatoms. The number of rotatable bonds is 6. The lowest BCUT2D eigenvalue weighted by atomic mass is 9.74. The van der Waals surface area contributed by atoms with Gasteiger partial charge in [0.05, 0.1) is 30.8 Å². The Morgan fingerprint density at radius 2 is 1.91 bits per heavy atom. The van der Waals surface area contributed by atoms with Gasteiger partial charge in [-0.1, -0.05) is 44.6 Å². The summed E-state index contributed by atoms with van der Waals surface area (Å²) in [6, 6.07) is -1.50. The summed E-state index contributed by atoms with van der Waals surface area (Å²) in [5, 5.41) is 10.1. The first-order valence-electron chi connectivity index (χ1n) is 12.2. The van der Waals surface area contributed by atoms with E-state index in [1.165, 1.54) is 4.90 Å². The van der Waals surface area contributed by atoms with Gasteiger partial charge in [0.1, 0.15) is 17.6 Å². The zero-order chi connectivity index (χ0) is 24.0. The number of ether oxygens (including phenoxy) is 2. The molecule has 0 aromatic rings. The van der Waals surface area contributed by atoms with Gasteiger partial charge in [0.2, 0.25) is 11.8 Å². The van der Waals surface area contributed by atoms with E-state index in [0.29, 0.717) is 19.4 Å². The molecular weight excluding hydrogens is 424 g/mol. The summed E-state index contributed by atoms with van der Waals surface area (Å²) in [4.78, 5) is 44.6. The van der Waals surface area contributed by atoms with Gasteiger partial charge >= 0.3 is 5.97 Å². The second kappa shape index (κ2) is 8.87. The van der Waals surface area contributed by atoms with Crippen LogP contribution in [-0.4, -0.2) is 81.8 Å². The minimum Gasteiger partial charge on any atom is -0.465 e. The quantitative estimate of drug-likeness (QED) is 0.480. The molecule has 0 saturated carbocycles. The number of carbonyl (C=O) groups excluding carboxylic acids is 3. The van der Waals surface area contributed by atoms with Crippen molar-refractivity contribution in [3.05, 3.63) is 24.3 Å². The van der Waals surface area contributed by atoms with E-state index in [0.717, 1.165) is 12.8 Å². The maximum absolute atomic E-state index is 14.1. The molecule has 182 valence electrons. The van der Waals surface area contributed by atoms with E-state index in [4.69, 9.17) is 9.47 Å². The fourth-order valence-electron chi connectivity index (χ4n) is 6.22. The van der Waals surface area contributed by atoms with Crippen LogP contribution in [0.2, 0.25) is 0 Å². The number of carbonyl (C=O) groups is 3. The Bertz CT molecular complexity index is 867. The van der Waals surface area contributed by atoms with Gasteiger partial charge in [-0.3, -0.25) is 14.4 Å². The average Bonchev–Trinajstić information content (AvgIpc) is 3.09. The summed E-state index contributed by atoms with van der Waals surface area (Å²) in [6.45, 7) is 8.15. The smallest absolute Gasteiger partial charge is 0.313 e. The highest BCUT2D eigenvalue weighted by Crippen LogP contribution is 2.57. The minimum atomic E-state index is -1.30. The van der Waals surface area contributed by atoms with Gasteiger partial charge < -0.3 is 24.4 Å². The third-order valence-corrected chi connectivity index (χ3v) is 7.80. The summed E-state index contributed by atoms with van der Waals surface area (Å²) in [6.07, 6.45) is 10.3. The van der Waals surface area contributed by atoms with Crippen LogP contribution in [0.15, 0.2) is 24.3 Å². The average molecular weight is 461 g/mol. The van der Waals surface area contributed by atoms with Crippen molar-refractivity contribution in [2.24, 2.45) is 11.8 Å². The number of esters is 1. The zero-order valence-corrected chi connectivity index (χ0v) is 20.0. The molecule has 8 nitrogen and oxygen atoms in total. The van der Waals surface area contributed by atoms with Crippen LogP contribution in [0.25, 0.3) is 0 Å². The SMILES string of the molecule is CCCC(C)N1CC=C[C@]23O[C@]4(C)C=CCCOC(=O)[C@@H]4[C@H]2C(=O)N([C@@H](CC)CO)C3C1=O. The fourth-order valence-corrected chi connectivity index (χ4v) is 6.22. The lowest BCUT2D eigenvalue weighted by Gasteiger charge is -2.41. The van der Waals surface area contributed by atoms with E-state index >= 15 is 0 Å². The van der Waals surface area contributed by atoms with Crippen molar-refractivity contribution in [3.63, 3.8) is 0 Å². The van der Waals surface area contributed by atoms with Crippen LogP contribution < -0.4 is 0 Å². The van der Waals surface area contributed by atoms with Gasteiger partial charge in [-0.05, 0) is 33.1 Å². The first kappa shape index (κ1) is 24.0. The molecule has 0 aliphatic carbocycles. The highest BCUT2D eigenvalue weighted by atomic mass is 16.6. The molecule has 0 aromatic heterocycles. The predicted molar refractivity (Wildman–Crippen MR) is 121 cm³/mol. The molecule has 33 heavy (non-hydrogen) atoms. The number of likely N-dealkylation sites (tertiary alicyclic amines) is 1. The molecule has 4 aliphatic rings. The molecule has 1 spiro atoms. The molecule has 7 atom stereocenters. The van der Waals surface area contributed by atoms with E-state index in [-0.39, 0.29) is 31.1 Å². The zero-order valence-electron chi connectivity index (χ0n) is 20.0. The summed E-state index contributed by atoms with van der Waals surface area (Å²) < 4.78 is 12.2. The Labute approximate surface area is 195 Å². The Hall–Kier alpha value is -2.19. The van der Waals surface area contributed by atoms with E-state index < -0.39 is 41.1 Å². The molecular formula is C25H36N2O6. The van der Waals surface area contributed by atoms with Gasteiger partial charge in [0.15, 0.2) is 0 Å². The van der Waals surface area contributed by atoms with Crippen LogP contribution in [0, 0.1) is 11.8 Å². The normalized spacial score (nSPS) is 37.6. The number of fused-ring (bicyclic) bond motifs is 2. The Morgan fingerprint density at radius 3 is 2.58 bits per heavy atom. The van der Waals surface area contributed by atoms with Crippen molar-refractivity contribution >= 4 is 17.8 Å². The van der Waals surface area contributed by atoms with Gasteiger partial charge in [-0.15, -0.1) is 0 Å². The topological polar surface area (TPSA) is 96.4 Å². The van der Waals surface area contributed by atoms with Crippen molar-refractivity contribution in [1.82, 2.24) is 9.80 Å². The molecule has 1 N–H and O–H groups in total. The van der Waals surface area contributed by atoms with Crippen molar-refractivity contribution in [3.8, 4) is 0 Å². The fraction of sp³-hybridized carbons (Fsp3) is 0.720. The first-order valence-corrected chi connectivity index (χ1v) is 12.2. The number of hydrogen-bond donors (Lipinski definition) is 1. The van der Waals surface area contributed by atoms with Gasteiger partial charge in [-0.25, -0.2) is 0 Å². The number of aliphatic hydroxyl groups excluding tert-OH is 1. The van der Waals surface area contributed by atoms with Gasteiger partial charge in [-0.2, -0.15) is 0 Å². The number of cyclic esters (lactones) is 1. The number of hydrogen-bond acceptors (Lipinski definition) is 6. The molecule has 0 radical (unpaired) electrons. The second-order valence-corrected chi connectivity index (χ2v) is 9.88. The largest absolute Gasteiger partial charge is 0.465 e. The van der Waals surface area contributed by atoms with Crippen molar-refractivity contribution < 1.29 is 29.0 Å². The molecule has 4 aliphatic heterocycles. The maximum atomic E-state index is 14.1. The number of aliphatic hydroxyl groups is 1. The Morgan fingerprint density at radius 1 is 1.15 bits per heavy atom. The Kier molecular flexibility index (Phi) is 6.44. The lowest BCUT2D eigenvalue weighted by Crippen LogP contribution is -2.59. The standard InChI is InChI=1S/C25H36N2O6/c1-5-10-16(3)26-13-9-12-25-18(19-23(31)32-14-8-7-11-24(19,4)33-25)21(29)27(17(6-2)15-28)20(25)22(26)30/h7,9,11-12,16-20,28H,5-6,8,10,13-15H2,1-4H3/t16?,17-,18-,19-,20?,24+,25-/m0/s1. The molecule has 4 heterocycles. The van der Waals surface area contributed by atoms with Crippen LogP contribution in [0.5, 0.6) is 0 Å². The van der Waals surface area contributed by atoms with Crippen LogP contribution in [0.1, 0.15) is 53.4 Å². The number of amides is 2. The second-order valence-electron chi connectivity index (χ2n) is 9.88. The first-order chi connectivity index (χ1) is 15.8. The van der Waals surface area contributed by atoms with Crippen LogP contribution in [-0.2, 0) is 23.9 Å². The predicted octanol–water partition coefficient (Wildman–Crippen LogP) is 1.82. The monoisotopic (exact) mass is 460 g/mol. The summed E-state index contributed by atoms with van der Waals surface area (Å²) >= 11 is 0. The molecule has 2 fully saturated rings. The van der Waals surface area contributed by atoms with E-state index in [1.807, 2.05) is 38.2 Å². The van der Waals surface area contributed by atoms with Crippen LogP contribution in [0.4, 0.5) is 0 Å². The Balaban J connectivity index is 1.88. The third kappa shape index (κ3) is 3.53. The van der Waals surface area contributed by atoms with Crippen molar-refractivity contribution in [1.29, 1.82) is 0 Å². The van der Waals surface area contributed by atoms with E-state index in [1.54, 1.807) is 11.8 Å². The van der Waals surface area contributed by atoms with Gasteiger partial charge in [0.25, 0.3) is 0 Å². The van der Waals surface area contributed by atoms with Crippen LogP contribution in [0.3, 0.4) is 0 Å². The lowest BCUT2D eigenvalue weighted by molar-refractivity contribution is -0.162. The van der Waals surface area contributed by atoms with E-state index in [2.05, 4.69) is 6.92 Å². The summed E-state index contributed by atoms with van der Waals surface area (Å²) in [5.74, 6) is -2.77. The molecule has 2 amide bonds. The van der Waals surface area contributed by atoms with Crippen molar-refractivity contribution in [2.75, 3.05) is 19.8 Å². The van der Waals surface area contributed by atoms with E-state index in [9.17, 15) is 19.5 Å². The van der Waals surface area contributed by atoms with Crippen molar-refractivity contribution in [2.45, 2.75) is 82.7 Å².